The third-order valence-corrected chi connectivity index (χ3v) is 5.42. The summed E-state index contributed by atoms with van der Waals surface area (Å²) >= 11 is 1.43. The topological polar surface area (TPSA) is 41.5 Å². The highest BCUT2D eigenvalue weighted by molar-refractivity contribution is 7.14. The SMILES string of the molecule is C[C@H]1CCc2sc(C(=O)N/N=C\c3ccccc3C(F)(F)F)cc2C1. The number of hydrogen-bond donors (Lipinski definition) is 1. The van der Waals surface area contributed by atoms with Gasteiger partial charge in [0.15, 0.2) is 0 Å². The van der Waals surface area contributed by atoms with E-state index in [1.807, 2.05) is 6.07 Å². The molecule has 0 radical (unpaired) electrons. The molecule has 1 aliphatic rings. The second-order valence-corrected chi connectivity index (χ2v) is 7.33. The minimum Gasteiger partial charge on any atom is -0.266 e. The van der Waals surface area contributed by atoms with Gasteiger partial charge in [-0.05, 0) is 42.9 Å². The number of thiophene rings is 1. The third-order valence-electron chi connectivity index (χ3n) is 4.19. The Hall–Kier alpha value is -2.15. The molecule has 3 rings (SSSR count). The summed E-state index contributed by atoms with van der Waals surface area (Å²) in [5.74, 6) is 0.211. The normalized spacial score (nSPS) is 17.5. The van der Waals surface area contributed by atoms with Crippen molar-refractivity contribution in [3.05, 3.63) is 56.8 Å². The first-order valence-electron chi connectivity index (χ1n) is 7.96. The van der Waals surface area contributed by atoms with Crippen LogP contribution in [0.25, 0.3) is 0 Å². The summed E-state index contributed by atoms with van der Waals surface area (Å²) in [6, 6.07) is 6.97. The van der Waals surface area contributed by atoms with E-state index in [1.165, 1.54) is 40.0 Å². The zero-order valence-electron chi connectivity index (χ0n) is 13.6. The first kappa shape index (κ1) is 17.7. The predicted molar refractivity (Wildman–Crippen MR) is 92.0 cm³/mol. The number of halogens is 3. The van der Waals surface area contributed by atoms with Gasteiger partial charge in [-0.1, -0.05) is 25.1 Å². The fourth-order valence-corrected chi connectivity index (χ4v) is 4.00. The predicted octanol–water partition coefficient (Wildman–Crippen LogP) is 4.66. The number of nitrogens with zero attached hydrogens (tertiary/aromatic N) is 1. The first-order chi connectivity index (χ1) is 11.8. The Kier molecular flexibility index (Phi) is 4.94. The molecule has 25 heavy (non-hydrogen) atoms. The van der Waals surface area contributed by atoms with Crippen molar-refractivity contribution < 1.29 is 18.0 Å². The van der Waals surface area contributed by atoms with Crippen LogP contribution in [0, 0.1) is 5.92 Å². The molecule has 0 fully saturated rings. The summed E-state index contributed by atoms with van der Waals surface area (Å²) in [6.45, 7) is 2.18. The van der Waals surface area contributed by atoms with Crippen LogP contribution in [0.1, 0.15) is 44.6 Å². The maximum Gasteiger partial charge on any atom is 0.417 e. The van der Waals surface area contributed by atoms with Gasteiger partial charge in [0.1, 0.15) is 0 Å². The molecule has 0 spiro atoms. The molecule has 0 saturated carbocycles. The lowest BCUT2D eigenvalue weighted by atomic mass is 9.90. The fourth-order valence-electron chi connectivity index (χ4n) is 2.90. The fraction of sp³-hybridized carbons (Fsp3) is 0.333. The zero-order chi connectivity index (χ0) is 18.0. The van der Waals surface area contributed by atoms with E-state index in [9.17, 15) is 18.0 Å². The number of carbonyl (C=O) groups is 1. The van der Waals surface area contributed by atoms with Crippen LogP contribution in [0.2, 0.25) is 0 Å². The van der Waals surface area contributed by atoms with Crippen LogP contribution in [-0.2, 0) is 19.0 Å². The maximum atomic E-state index is 12.9. The molecule has 0 aliphatic heterocycles. The number of rotatable bonds is 3. The Morgan fingerprint density at radius 2 is 2.12 bits per heavy atom. The summed E-state index contributed by atoms with van der Waals surface area (Å²) in [4.78, 5) is 13.9. The lowest BCUT2D eigenvalue weighted by Crippen LogP contribution is -2.17. The van der Waals surface area contributed by atoms with Crippen molar-refractivity contribution in [1.29, 1.82) is 0 Å². The van der Waals surface area contributed by atoms with Gasteiger partial charge in [-0.3, -0.25) is 4.79 Å². The Morgan fingerprint density at radius 3 is 2.88 bits per heavy atom. The first-order valence-corrected chi connectivity index (χ1v) is 8.77. The number of nitrogens with one attached hydrogen (secondary N) is 1. The van der Waals surface area contributed by atoms with Crippen LogP contribution in [0.5, 0.6) is 0 Å². The molecule has 0 saturated heterocycles. The minimum absolute atomic E-state index is 0.0883. The number of benzene rings is 1. The minimum atomic E-state index is -4.46. The molecule has 7 heteroatoms. The standard InChI is InChI=1S/C18H17F3N2OS/c1-11-6-7-15-13(8-11)9-16(25-15)17(24)23-22-10-12-4-2-3-5-14(12)18(19,20)21/h2-5,9-11H,6-8H2,1H3,(H,23,24)/b22-10-/t11-/m0/s1. The largest absolute Gasteiger partial charge is 0.417 e. The Bertz CT molecular complexity index is 811. The molecule has 1 atom stereocenters. The molecule has 1 amide bonds. The van der Waals surface area contributed by atoms with Gasteiger partial charge in [0, 0.05) is 10.4 Å². The summed E-state index contributed by atoms with van der Waals surface area (Å²) in [6.07, 6.45) is -0.397. The highest BCUT2D eigenvalue weighted by Gasteiger charge is 2.32. The highest BCUT2D eigenvalue weighted by atomic mass is 32.1. The van der Waals surface area contributed by atoms with E-state index in [-0.39, 0.29) is 5.56 Å². The van der Waals surface area contributed by atoms with Gasteiger partial charge in [-0.15, -0.1) is 11.3 Å². The molecule has 3 nitrogen and oxygen atoms in total. The van der Waals surface area contributed by atoms with Gasteiger partial charge in [0.25, 0.3) is 5.91 Å². The van der Waals surface area contributed by atoms with Crippen molar-refractivity contribution in [3.8, 4) is 0 Å². The van der Waals surface area contributed by atoms with Crippen LogP contribution >= 0.6 is 11.3 Å². The maximum absolute atomic E-state index is 12.9. The molecule has 1 aromatic heterocycles. The van der Waals surface area contributed by atoms with Crippen LogP contribution in [0.15, 0.2) is 35.4 Å². The molecular weight excluding hydrogens is 349 g/mol. The quantitative estimate of drug-likeness (QED) is 0.623. The van der Waals surface area contributed by atoms with E-state index in [0.29, 0.717) is 10.8 Å². The number of hydrazone groups is 1. The van der Waals surface area contributed by atoms with Gasteiger partial charge < -0.3 is 0 Å². The van der Waals surface area contributed by atoms with Crippen LogP contribution in [0.4, 0.5) is 13.2 Å². The summed E-state index contributed by atoms with van der Waals surface area (Å²) in [5, 5.41) is 3.70. The molecular formula is C18H17F3N2OS. The van der Waals surface area contributed by atoms with E-state index >= 15 is 0 Å². The lowest BCUT2D eigenvalue weighted by molar-refractivity contribution is -0.137. The lowest BCUT2D eigenvalue weighted by Gasteiger charge is -2.16. The van der Waals surface area contributed by atoms with Crippen molar-refractivity contribution in [2.24, 2.45) is 11.0 Å². The Balaban J connectivity index is 1.70. The third kappa shape index (κ3) is 4.10. The van der Waals surface area contributed by atoms with Crippen molar-refractivity contribution in [2.75, 3.05) is 0 Å². The number of fused-ring (bicyclic) bond motifs is 1. The van der Waals surface area contributed by atoms with Gasteiger partial charge in [-0.2, -0.15) is 18.3 Å². The monoisotopic (exact) mass is 366 g/mol. The molecule has 1 aromatic carbocycles. The number of alkyl halides is 3. The molecule has 132 valence electrons. The van der Waals surface area contributed by atoms with Gasteiger partial charge in [0.2, 0.25) is 0 Å². The van der Waals surface area contributed by atoms with Crippen molar-refractivity contribution in [1.82, 2.24) is 5.43 Å². The van der Waals surface area contributed by atoms with Crippen molar-refractivity contribution >= 4 is 23.5 Å². The van der Waals surface area contributed by atoms with Crippen molar-refractivity contribution in [2.45, 2.75) is 32.4 Å². The summed E-state index contributed by atoms with van der Waals surface area (Å²) in [7, 11) is 0. The van der Waals surface area contributed by atoms with Crippen LogP contribution in [-0.4, -0.2) is 12.1 Å². The van der Waals surface area contributed by atoms with Crippen LogP contribution in [0.3, 0.4) is 0 Å². The molecule has 2 aromatic rings. The average Bonchev–Trinajstić information content (AvgIpc) is 2.97. The number of aryl methyl sites for hydroxylation is 1. The number of hydrogen-bond acceptors (Lipinski definition) is 3. The van der Waals surface area contributed by atoms with Gasteiger partial charge in [-0.25, -0.2) is 5.43 Å². The molecule has 0 unspecified atom stereocenters. The molecule has 1 heterocycles. The van der Waals surface area contributed by atoms with E-state index in [2.05, 4.69) is 17.5 Å². The van der Waals surface area contributed by atoms with Crippen LogP contribution < -0.4 is 5.43 Å². The summed E-state index contributed by atoms with van der Waals surface area (Å²) < 4.78 is 38.7. The van der Waals surface area contributed by atoms with E-state index in [1.54, 1.807) is 0 Å². The smallest absolute Gasteiger partial charge is 0.266 e. The van der Waals surface area contributed by atoms with Gasteiger partial charge >= 0.3 is 6.18 Å². The second kappa shape index (κ2) is 7.00. The Morgan fingerprint density at radius 1 is 1.36 bits per heavy atom. The molecule has 0 bridgehead atoms. The van der Waals surface area contributed by atoms with E-state index < -0.39 is 17.6 Å². The Labute approximate surface area is 147 Å². The second-order valence-electron chi connectivity index (χ2n) is 6.19. The average molecular weight is 366 g/mol. The van der Waals surface area contributed by atoms with E-state index in [0.717, 1.165) is 31.5 Å². The number of carbonyl (C=O) groups excluding carboxylic acids is 1. The highest BCUT2D eigenvalue weighted by Crippen LogP contribution is 2.32. The molecule has 1 N–H and O–H groups in total. The number of amides is 1. The zero-order valence-corrected chi connectivity index (χ0v) is 14.4. The van der Waals surface area contributed by atoms with Gasteiger partial charge in [0.05, 0.1) is 16.7 Å². The summed E-state index contributed by atoms with van der Waals surface area (Å²) in [5.41, 5.74) is 2.64. The van der Waals surface area contributed by atoms with E-state index in [4.69, 9.17) is 0 Å². The molecule has 1 aliphatic carbocycles. The van der Waals surface area contributed by atoms with Crippen molar-refractivity contribution in [3.63, 3.8) is 0 Å².